The van der Waals surface area contributed by atoms with E-state index in [4.69, 9.17) is 0 Å². The summed E-state index contributed by atoms with van der Waals surface area (Å²) in [6, 6.07) is 15.9. The van der Waals surface area contributed by atoms with Gasteiger partial charge in [0.25, 0.3) is 5.91 Å². The van der Waals surface area contributed by atoms with Crippen molar-refractivity contribution < 1.29 is 9.18 Å². The van der Waals surface area contributed by atoms with E-state index < -0.39 is 0 Å². The predicted octanol–water partition coefficient (Wildman–Crippen LogP) is 3.56. The molecule has 0 saturated heterocycles. The van der Waals surface area contributed by atoms with Gasteiger partial charge >= 0.3 is 0 Å². The van der Waals surface area contributed by atoms with Crippen molar-refractivity contribution in [3.63, 3.8) is 0 Å². The Morgan fingerprint density at radius 1 is 1.08 bits per heavy atom. The fourth-order valence-corrected chi connectivity index (χ4v) is 2.49. The van der Waals surface area contributed by atoms with Gasteiger partial charge in [-0.1, -0.05) is 30.3 Å². The topological polar surface area (TPSA) is 54.9 Å². The lowest BCUT2D eigenvalue weighted by atomic mass is 10.1. The summed E-state index contributed by atoms with van der Waals surface area (Å²) in [5.41, 5.74) is 2.91. The van der Waals surface area contributed by atoms with Crippen LogP contribution < -0.4 is 5.32 Å². The van der Waals surface area contributed by atoms with Crippen LogP contribution in [0, 0.1) is 12.7 Å². The molecule has 0 saturated carbocycles. The van der Waals surface area contributed by atoms with Gasteiger partial charge in [0.2, 0.25) is 0 Å². The second-order valence-electron chi connectivity index (χ2n) is 5.69. The van der Waals surface area contributed by atoms with Crippen LogP contribution in [0.15, 0.2) is 60.8 Å². The molecule has 5 heteroatoms. The van der Waals surface area contributed by atoms with Gasteiger partial charge in [-0.05, 0) is 43.2 Å². The molecule has 2 aromatic carbocycles. The highest BCUT2D eigenvalue weighted by Gasteiger charge is 2.12. The number of aryl methyl sites for hydroxylation is 1. The van der Waals surface area contributed by atoms with E-state index in [1.807, 2.05) is 30.3 Å². The molecular formula is C20H18FN3O. The molecule has 3 rings (SSSR count). The molecular weight excluding hydrogens is 317 g/mol. The summed E-state index contributed by atoms with van der Waals surface area (Å²) in [5, 5.41) is 2.89. The lowest BCUT2D eigenvalue weighted by molar-refractivity contribution is 0.0952. The van der Waals surface area contributed by atoms with Crippen LogP contribution in [0.25, 0.3) is 11.4 Å². The molecule has 0 aliphatic heterocycles. The number of hydrogen-bond donors (Lipinski definition) is 1. The van der Waals surface area contributed by atoms with E-state index in [-0.39, 0.29) is 11.7 Å². The molecule has 0 atom stereocenters. The monoisotopic (exact) mass is 335 g/mol. The Kier molecular flexibility index (Phi) is 5.14. The van der Waals surface area contributed by atoms with Gasteiger partial charge in [-0.2, -0.15) is 0 Å². The SMILES string of the molecule is Cc1nc(-c2ccc(F)cc2)ncc1C(=O)NCCc1ccccc1. The van der Waals surface area contributed by atoms with Crippen molar-refractivity contribution in [1.82, 2.24) is 15.3 Å². The highest BCUT2D eigenvalue weighted by molar-refractivity contribution is 5.95. The zero-order chi connectivity index (χ0) is 17.6. The molecule has 4 nitrogen and oxygen atoms in total. The van der Waals surface area contributed by atoms with E-state index in [9.17, 15) is 9.18 Å². The average Bonchev–Trinajstić information content (AvgIpc) is 2.63. The van der Waals surface area contributed by atoms with Crippen LogP contribution in [0.4, 0.5) is 4.39 Å². The van der Waals surface area contributed by atoms with Gasteiger partial charge in [0.1, 0.15) is 5.82 Å². The van der Waals surface area contributed by atoms with Gasteiger partial charge in [-0.3, -0.25) is 4.79 Å². The Morgan fingerprint density at radius 2 is 1.80 bits per heavy atom. The van der Waals surface area contributed by atoms with E-state index in [2.05, 4.69) is 15.3 Å². The summed E-state index contributed by atoms with van der Waals surface area (Å²) in [5.74, 6) is -0.0349. The number of carbonyl (C=O) groups is 1. The van der Waals surface area contributed by atoms with Crippen molar-refractivity contribution in [2.75, 3.05) is 6.54 Å². The first-order valence-corrected chi connectivity index (χ1v) is 8.05. The lowest BCUT2D eigenvalue weighted by Crippen LogP contribution is -2.26. The van der Waals surface area contributed by atoms with Crippen LogP contribution in [0.2, 0.25) is 0 Å². The number of hydrogen-bond acceptors (Lipinski definition) is 3. The molecule has 0 spiro atoms. The molecule has 1 aromatic heterocycles. The largest absolute Gasteiger partial charge is 0.352 e. The minimum absolute atomic E-state index is 0.195. The van der Waals surface area contributed by atoms with Gasteiger partial charge in [-0.15, -0.1) is 0 Å². The highest BCUT2D eigenvalue weighted by Crippen LogP contribution is 2.16. The van der Waals surface area contributed by atoms with E-state index >= 15 is 0 Å². The Morgan fingerprint density at radius 3 is 2.48 bits per heavy atom. The zero-order valence-corrected chi connectivity index (χ0v) is 13.9. The molecule has 0 radical (unpaired) electrons. The third kappa shape index (κ3) is 4.26. The maximum atomic E-state index is 13.0. The summed E-state index contributed by atoms with van der Waals surface area (Å²) < 4.78 is 13.0. The third-order valence-electron chi connectivity index (χ3n) is 3.87. The zero-order valence-electron chi connectivity index (χ0n) is 13.9. The van der Waals surface area contributed by atoms with Crippen molar-refractivity contribution in [3.8, 4) is 11.4 Å². The first kappa shape index (κ1) is 16.8. The molecule has 0 fully saturated rings. The minimum atomic E-state index is -0.310. The Bertz CT molecular complexity index is 864. The quantitative estimate of drug-likeness (QED) is 0.775. The van der Waals surface area contributed by atoms with Gasteiger partial charge in [-0.25, -0.2) is 14.4 Å². The van der Waals surface area contributed by atoms with Crippen LogP contribution in [0.1, 0.15) is 21.6 Å². The van der Waals surface area contributed by atoms with Crippen LogP contribution in [0.5, 0.6) is 0 Å². The van der Waals surface area contributed by atoms with E-state index in [1.165, 1.54) is 23.9 Å². The normalized spacial score (nSPS) is 10.5. The van der Waals surface area contributed by atoms with Crippen molar-refractivity contribution in [3.05, 3.63) is 83.4 Å². The van der Waals surface area contributed by atoms with Gasteiger partial charge in [0.15, 0.2) is 5.82 Å². The van der Waals surface area contributed by atoms with Crippen molar-refractivity contribution in [2.24, 2.45) is 0 Å². The number of nitrogens with one attached hydrogen (secondary N) is 1. The molecule has 25 heavy (non-hydrogen) atoms. The predicted molar refractivity (Wildman–Crippen MR) is 94.6 cm³/mol. The van der Waals surface area contributed by atoms with Crippen molar-refractivity contribution in [2.45, 2.75) is 13.3 Å². The number of carbonyl (C=O) groups excluding carboxylic acids is 1. The fraction of sp³-hybridized carbons (Fsp3) is 0.150. The Balaban J connectivity index is 1.66. The maximum Gasteiger partial charge on any atom is 0.254 e. The fourth-order valence-electron chi connectivity index (χ4n) is 2.49. The molecule has 0 aliphatic carbocycles. The van der Waals surface area contributed by atoms with Crippen LogP contribution in [-0.4, -0.2) is 22.4 Å². The first-order chi connectivity index (χ1) is 12.1. The molecule has 1 amide bonds. The number of benzene rings is 2. The van der Waals surface area contributed by atoms with Gasteiger partial charge in [0.05, 0.1) is 11.3 Å². The van der Waals surface area contributed by atoms with Crippen molar-refractivity contribution >= 4 is 5.91 Å². The average molecular weight is 335 g/mol. The number of halogens is 1. The summed E-state index contributed by atoms with van der Waals surface area (Å²) in [7, 11) is 0. The number of aromatic nitrogens is 2. The first-order valence-electron chi connectivity index (χ1n) is 8.05. The summed E-state index contributed by atoms with van der Waals surface area (Å²) >= 11 is 0. The highest BCUT2D eigenvalue weighted by atomic mass is 19.1. The maximum absolute atomic E-state index is 13.0. The molecule has 0 aliphatic rings. The smallest absolute Gasteiger partial charge is 0.254 e. The molecule has 1 N–H and O–H groups in total. The Hall–Kier alpha value is -3.08. The number of nitrogens with zero attached hydrogens (tertiary/aromatic N) is 2. The summed E-state index contributed by atoms with van der Waals surface area (Å²) in [4.78, 5) is 20.9. The number of rotatable bonds is 5. The van der Waals surface area contributed by atoms with E-state index in [1.54, 1.807) is 19.1 Å². The third-order valence-corrected chi connectivity index (χ3v) is 3.87. The molecule has 3 aromatic rings. The van der Waals surface area contributed by atoms with Crippen LogP contribution >= 0.6 is 0 Å². The van der Waals surface area contributed by atoms with E-state index in [0.29, 0.717) is 29.2 Å². The minimum Gasteiger partial charge on any atom is -0.352 e. The summed E-state index contributed by atoms with van der Waals surface area (Å²) in [6.07, 6.45) is 2.28. The summed E-state index contributed by atoms with van der Waals surface area (Å²) in [6.45, 7) is 2.31. The second kappa shape index (κ2) is 7.66. The molecule has 126 valence electrons. The van der Waals surface area contributed by atoms with Crippen molar-refractivity contribution in [1.29, 1.82) is 0 Å². The number of amides is 1. The van der Waals surface area contributed by atoms with Gasteiger partial charge < -0.3 is 5.32 Å². The molecule has 1 heterocycles. The molecule has 0 bridgehead atoms. The standard InChI is InChI=1S/C20H18FN3O/c1-14-18(20(25)22-12-11-15-5-3-2-4-6-15)13-23-19(24-14)16-7-9-17(21)10-8-16/h2-10,13H,11-12H2,1H3,(H,22,25). The lowest BCUT2D eigenvalue weighted by Gasteiger charge is -2.08. The second-order valence-corrected chi connectivity index (χ2v) is 5.69. The van der Waals surface area contributed by atoms with Crippen LogP contribution in [0.3, 0.4) is 0 Å². The molecule has 0 unspecified atom stereocenters. The van der Waals surface area contributed by atoms with Gasteiger partial charge in [0, 0.05) is 18.3 Å². The van der Waals surface area contributed by atoms with E-state index in [0.717, 1.165) is 6.42 Å². The van der Waals surface area contributed by atoms with Crippen LogP contribution in [-0.2, 0) is 6.42 Å². The Labute approximate surface area is 145 Å².